The van der Waals surface area contributed by atoms with E-state index in [4.69, 9.17) is 16.3 Å². The van der Waals surface area contributed by atoms with Crippen molar-refractivity contribution in [2.75, 3.05) is 12.4 Å². The number of carbonyl (C=O) groups excluding carboxylic acids is 1. The highest BCUT2D eigenvalue weighted by Crippen LogP contribution is 2.40. The maximum atomic E-state index is 14.2. The maximum absolute atomic E-state index is 14.2. The predicted molar refractivity (Wildman–Crippen MR) is 86.1 cm³/mol. The van der Waals surface area contributed by atoms with Gasteiger partial charge in [0.1, 0.15) is 6.10 Å². The van der Waals surface area contributed by atoms with Gasteiger partial charge in [0, 0.05) is 25.5 Å². The van der Waals surface area contributed by atoms with Crippen molar-refractivity contribution in [1.29, 1.82) is 0 Å². The third-order valence-corrected chi connectivity index (χ3v) is 3.77. The highest BCUT2D eigenvalue weighted by molar-refractivity contribution is 6.33. The second-order valence-electron chi connectivity index (χ2n) is 5.35. The maximum Gasteiger partial charge on any atom is 0.275 e. The number of Topliss-reactive ketones (excluding diaryl/α,β-unsaturated/α-hetero) is 1. The van der Waals surface area contributed by atoms with E-state index in [9.17, 15) is 18.7 Å². The van der Waals surface area contributed by atoms with Crippen LogP contribution in [0.3, 0.4) is 0 Å². The third kappa shape index (κ3) is 5.12. The average molecular weight is 350 g/mol. The van der Waals surface area contributed by atoms with E-state index in [1.54, 1.807) is 0 Å². The smallest absolute Gasteiger partial charge is 0.275 e. The Hall–Kier alpha value is -1.24. The van der Waals surface area contributed by atoms with Gasteiger partial charge < -0.3 is 15.2 Å². The molecule has 7 heteroatoms. The lowest BCUT2D eigenvalue weighted by Crippen LogP contribution is -2.28. The van der Waals surface area contributed by atoms with Gasteiger partial charge in [0.2, 0.25) is 0 Å². The van der Waals surface area contributed by atoms with Crippen LogP contribution in [0.25, 0.3) is 0 Å². The summed E-state index contributed by atoms with van der Waals surface area (Å²) >= 11 is 6.10. The number of ether oxygens (including phenoxy) is 1. The summed E-state index contributed by atoms with van der Waals surface area (Å²) in [6.07, 6.45) is -2.37. The van der Waals surface area contributed by atoms with E-state index in [1.165, 1.54) is 40.0 Å². The van der Waals surface area contributed by atoms with Gasteiger partial charge in [-0.1, -0.05) is 18.5 Å². The van der Waals surface area contributed by atoms with Gasteiger partial charge in [-0.15, -0.1) is 0 Å². The normalized spacial score (nSPS) is 14.4. The van der Waals surface area contributed by atoms with Crippen molar-refractivity contribution in [3.63, 3.8) is 0 Å². The molecule has 0 heterocycles. The van der Waals surface area contributed by atoms with Crippen molar-refractivity contribution in [2.24, 2.45) is 0 Å². The van der Waals surface area contributed by atoms with Gasteiger partial charge in [-0.05, 0) is 31.5 Å². The van der Waals surface area contributed by atoms with Crippen LogP contribution in [0.1, 0.15) is 38.3 Å². The van der Waals surface area contributed by atoms with E-state index in [-0.39, 0.29) is 34.9 Å². The first kappa shape index (κ1) is 19.8. The number of ketones is 1. The molecule has 0 fully saturated rings. The standard InChI is InChI=1S/C16H22ClF2NO3/c1-5-16(18,19)12-6-11(7-13(17)15(12)20-4)8-14(9(2)21)23-10(3)22/h6-7,10,14,20,22H,5,8H2,1-4H3/t10?,14-/m1/s1. The van der Waals surface area contributed by atoms with Crippen molar-refractivity contribution >= 4 is 23.1 Å². The Morgan fingerprint density at radius 3 is 2.52 bits per heavy atom. The van der Waals surface area contributed by atoms with E-state index in [0.29, 0.717) is 5.56 Å². The molecule has 0 spiro atoms. The molecule has 23 heavy (non-hydrogen) atoms. The van der Waals surface area contributed by atoms with Crippen LogP contribution < -0.4 is 5.32 Å². The van der Waals surface area contributed by atoms with Gasteiger partial charge in [-0.2, -0.15) is 0 Å². The molecule has 0 aliphatic heterocycles. The van der Waals surface area contributed by atoms with E-state index >= 15 is 0 Å². The molecule has 0 radical (unpaired) electrons. The summed E-state index contributed by atoms with van der Waals surface area (Å²) in [4.78, 5) is 11.6. The summed E-state index contributed by atoms with van der Waals surface area (Å²) in [6.45, 7) is 4.08. The Bertz CT molecular complexity index is 565. The first-order valence-electron chi connectivity index (χ1n) is 7.34. The SMILES string of the molecule is CCC(F)(F)c1cc(C[C@@H](OC(C)O)C(C)=O)cc(Cl)c1NC. The summed E-state index contributed by atoms with van der Waals surface area (Å²) < 4.78 is 33.4. The molecular formula is C16H22ClF2NO3. The molecule has 0 amide bonds. The van der Waals surface area contributed by atoms with Gasteiger partial charge in [-0.3, -0.25) is 4.79 Å². The van der Waals surface area contributed by atoms with Gasteiger partial charge >= 0.3 is 0 Å². The highest BCUT2D eigenvalue weighted by atomic mass is 35.5. The largest absolute Gasteiger partial charge is 0.387 e. The number of aliphatic hydroxyl groups excluding tert-OH is 1. The minimum atomic E-state index is -3.05. The molecule has 0 saturated heterocycles. The van der Waals surface area contributed by atoms with E-state index in [1.807, 2.05) is 0 Å². The van der Waals surface area contributed by atoms with Gasteiger partial charge in [0.15, 0.2) is 12.1 Å². The number of hydrogen-bond donors (Lipinski definition) is 2. The first-order chi connectivity index (χ1) is 10.6. The number of alkyl halides is 2. The monoisotopic (exact) mass is 349 g/mol. The molecule has 2 atom stereocenters. The summed E-state index contributed by atoms with van der Waals surface area (Å²) in [7, 11) is 1.52. The number of halogens is 3. The Kier molecular flexibility index (Phi) is 6.92. The molecule has 1 rings (SSSR count). The lowest BCUT2D eigenvalue weighted by atomic mass is 9.97. The molecule has 1 unspecified atom stereocenters. The van der Waals surface area contributed by atoms with Crippen molar-refractivity contribution in [2.45, 2.75) is 51.9 Å². The van der Waals surface area contributed by atoms with Crippen LogP contribution in [0.2, 0.25) is 5.02 Å². The van der Waals surface area contributed by atoms with Crippen LogP contribution >= 0.6 is 11.6 Å². The number of hydrogen-bond acceptors (Lipinski definition) is 4. The van der Waals surface area contributed by atoms with Gasteiger partial charge in [-0.25, -0.2) is 8.78 Å². The Labute approximate surface area is 139 Å². The van der Waals surface area contributed by atoms with Gasteiger partial charge in [0.25, 0.3) is 5.92 Å². The first-order valence-corrected chi connectivity index (χ1v) is 7.72. The fourth-order valence-electron chi connectivity index (χ4n) is 2.25. The molecular weight excluding hydrogens is 328 g/mol. The minimum absolute atomic E-state index is 0.0523. The molecule has 1 aromatic rings. The number of anilines is 1. The van der Waals surface area contributed by atoms with Crippen LogP contribution in [-0.4, -0.2) is 30.3 Å². The topological polar surface area (TPSA) is 58.6 Å². The number of benzene rings is 1. The van der Waals surface area contributed by atoms with E-state index in [2.05, 4.69) is 5.32 Å². The molecule has 4 nitrogen and oxygen atoms in total. The van der Waals surface area contributed by atoms with Crippen LogP contribution in [0.15, 0.2) is 12.1 Å². The molecule has 0 saturated carbocycles. The van der Waals surface area contributed by atoms with Crippen molar-refractivity contribution in [1.82, 2.24) is 0 Å². The lowest BCUT2D eigenvalue weighted by Gasteiger charge is -2.22. The molecule has 2 N–H and O–H groups in total. The van der Waals surface area contributed by atoms with E-state index < -0.39 is 18.3 Å². The van der Waals surface area contributed by atoms with Crippen molar-refractivity contribution in [3.05, 3.63) is 28.3 Å². The Balaban J connectivity index is 3.25. The molecule has 0 aliphatic carbocycles. The zero-order valence-corrected chi connectivity index (χ0v) is 14.4. The fraction of sp³-hybridized carbons (Fsp3) is 0.562. The molecule has 0 aromatic heterocycles. The molecule has 1 aromatic carbocycles. The van der Waals surface area contributed by atoms with Crippen molar-refractivity contribution in [3.8, 4) is 0 Å². The Morgan fingerprint density at radius 2 is 2.09 bits per heavy atom. The number of aliphatic hydroxyl groups is 1. The summed E-state index contributed by atoms with van der Waals surface area (Å²) in [5, 5.41) is 12.1. The molecule has 0 aliphatic rings. The zero-order valence-electron chi connectivity index (χ0n) is 13.6. The minimum Gasteiger partial charge on any atom is -0.387 e. The summed E-state index contributed by atoms with van der Waals surface area (Å²) in [6, 6.07) is 2.84. The highest BCUT2D eigenvalue weighted by Gasteiger charge is 2.33. The Morgan fingerprint density at radius 1 is 1.48 bits per heavy atom. The van der Waals surface area contributed by atoms with Crippen molar-refractivity contribution < 1.29 is 23.4 Å². The average Bonchev–Trinajstić information content (AvgIpc) is 2.45. The second-order valence-corrected chi connectivity index (χ2v) is 5.75. The number of carbonyl (C=O) groups is 1. The van der Waals surface area contributed by atoms with Gasteiger partial charge in [0.05, 0.1) is 10.7 Å². The van der Waals surface area contributed by atoms with Crippen LogP contribution in [0.5, 0.6) is 0 Å². The molecule has 0 bridgehead atoms. The number of rotatable bonds is 8. The van der Waals surface area contributed by atoms with E-state index in [0.717, 1.165) is 0 Å². The zero-order chi connectivity index (χ0) is 17.8. The summed E-state index contributed by atoms with van der Waals surface area (Å²) in [5.41, 5.74) is 0.389. The summed E-state index contributed by atoms with van der Waals surface area (Å²) in [5.74, 6) is -3.35. The second kappa shape index (κ2) is 8.04. The van der Waals surface area contributed by atoms with Crippen LogP contribution in [0.4, 0.5) is 14.5 Å². The molecule has 130 valence electrons. The van der Waals surface area contributed by atoms with Crippen LogP contribution in [0, 0.1) is 0 Å². The fourth-order valence-corrected chi connectivity index (χ4v) is 2.59. The quantitative estimate of drug-likeness (QED) is 0.702. The predicted octanol–water partition coefficient (Wildman–Crippen LogP) is 3.74. The lowest BCUT2D eigenvalue weighted by molar-refractivity contribution is -0.152. The van der Waals surface area contributed by atoms with Crippen LogP contribution in [-0.2, 0) is 21.9 Å². The third-order valence-electron chi connectivity index (χ3n) is 3.47. The number of nitrogens with one attached hydrogen (secondary N) is 1.